The van der Waals surface area contributed by atoms with E-state index in [9.17, 15) is 0 Å². The van der Waals surface area contributed by atoms with Gasteiger partial charge in [-0.25, -0.2) is 0 Å². The molecule has 6 nitrogen and oxygen atoms in total. The van der Waals surface area contributed by atoms with Crippen molar-refractivity contribution in [1.82, 2.24) is 20.0 Å². The fourth-order valence-corrected chi connectivity index (χ4v) is 3.69. The molecule has 0 aliphatic heterocycles. The van der Waals surface area contributed by atoms with Crippen LogP contribution in [0.5, 0.6) is 0 Å². The molecule has 1 saturated carbocycles. The standard InChI is InChI=1S/C20H37N5O.HI/c1-7-21-19(22-15-20(9-8-10-20)11-12-26-6)24(4)13-17-14-25(5)23-18(17)16(2)3;/h14,16H,7-13,15H2,1-6H3,(H,21,22);1H. The van der Waals surface area contributed by atoms with Crippen LogP contribution in [-0.4, -0.2) is 54.5 Å². The van der Waals surface area contributed by atoms with Crippen LogP contribution in [0.4, 0.5) is 0 Å². The minimum atomic E-state index is 0. The van der Waals surface area contributed by atoms with E-state index in [1.54, 1.807) is 7.11 Å². The maximum Gasteiger partial charge on any atom is 0.193 e. The number of aromatic nitrogens is 2. The molecule has 2 rings (SSSR count). The Morgan fingerprint density at radius 2 is 2.15 bits per heavy atom. The fraction of sp³-hybridized carbons (Fsp3) is 0.800. The molecule has 27 heavy (non-hydrogen) atoms. The lowest BCUT2D eigenvalue weighted by Gasteiger charge is -2.41. The Morgan fingerprint density at radius 1 is 1.44 bits per heavy atom. The van der Waals surface area contributed by atoms with Crippen molar-refractivity contribution in [3.8, 4) is 0 Å². The lowest BCUT2D eigenvalue weighted by molar-refractivity contribution is 0.0776. The molecule has 1 aliphatic carbocycles. The van der Waals surface area contributed by atoms with E-state index in [0.29, 0.717) is 11.3 Å². The first-order valence-corrected chi connectivity index (χ1v) is 9.91. The topological polar surface area (TPSA) is 54.7 Å². The maximum absolute atomic E-state index is 5.31. The summed E-state index contributed by atoms with van der Waals surface area (Å²) in [5.41, 5.74) is 2.79. The summed E-state index contributed by atoms with van der Waals surface area (Å²) in [6.07, 6.45) is 7.09. The normalized spacial score (nSPS) is 16.0. The van der Waals surface area contributed by atoms with E-state index in [4.69, 9.17) is 9.73 Å². The summed E-state index contributed by atoms with van der Waals surface area (Å²) >= 11 is 0. The Kier molecular flexibility index (Phi) is 10.1. The third-order valence-corrected chi connectivity index (χ3v) is 5.40. The van der Waals surface area contributed by atoms with Crippen LogP contribution < -0.4 is 5.32 Å². The lowest BCUT2D eigenvalue weighted by Crippen LogP contribution is -2.41. The first kappa shape index (κ1) is 24.2. The van der Waals surface area contributed by atoms with Gasteiger partial charge in [0.2, 0.25) is 0 Å². The molecular weight excluding hydrogens is 453 g/mol. The largest absolute Gasteiger partial charge is 0.385 e. The number of aryl methyl sites for hydroxylation is 1. The molecule has 0 saturated heterocycles. The van der Waals surface area contributed by atoms with Gasteiger partial charge in [-0.1, -0.05) is 20.3 Å². The van der Waals surface area contributed by atoms with Crippen molar-refractivity contribution in [3.05, 3.63) is 17.5 Å². The number of aliphatic imine (C=N–C) groups is 1. The third-order valence-electron chi connectivity index (χ3n) is 5.40. The number of halogens is 1. The number of nitrogens with zero attached hydrogens (tertiary/aromatic N) is 4. The highest BCUT2D eigenvalue weighted by molar-refractivity contribution is 14.0. The Hall–Kier alpha value is -0.830. The Bertz CT molecular complexity index is 595. The summed E-state index contributed by atoms with van der Waals surface area (Å²) in [5, 5.41) is 8.08. The predicted molar refractivity (Wildman–Crippen MR) is 123 cm³/mol. The van der Waals surface area contributed by atoms with Crippen LogP contribution in [0.1, 0.15) is 63.6 Å². The first-order chi connectivity index (χ1) is 12.4. The van der Waals surface area contributed by atoms with Gasteiger partial charge < -0.3 is 15.0 Å². The molecule has 156 valence electrons. The minimum absolute atomic E-state index is 0. The van der Waals surface area contributed by atoms with Gasteiger partial charge in [0, 0.05) is 59.2 Å². The molecule has 1 aromatic heterocycles. The Balaban J connectivity index is 0.00000364. The fourth-order valence-electron chi connectivity index (χ4n) is 3.69. The van der Waals surface area contributed by atoms with E-state index in [0.717, 1.165) is 38.6 Å². The molecule has 1 aliphatic rings. The summed E-state index contributed by atoms with van der Waals surface area (Å²) in [5.74, 6) is 1.40. The second kappa shape index (κ2) is 11.2. The van der Waals surface area contributed by atoms with Crippen molar-refractivity contribution in [2.75, 3.05) is 33.9 Å². The van der Waals surface area contributed by atoms with Crippen molar-refractivity contribution in [3.63, 3.8) is 0 Å². The number of ether oxygens (including phenoxy) is 1. The van der Waals surface area contributed by atoms with Gasteiger partial charge in [0.1, 0.15) is 0 Å². The quantitative estimate of drug-likeness (QED) is 0.325. The van der Waals surface area contributed by atoms with Crippen molar-refractivity contribution < 1.29 is 4.74 Å². The van der Waals surface area contributed by atoms with Gasteiger partial charge in [-0.3, -0.25) is 9.67 Å². The van der Waals surface area contributed by atoms with E-state index in [-0.39, 0.29) is 24.0 Å². The van der Waals surface area contributed by atoms with Crippen LogP contribution in [0.2, 0.25) is 0 Å². The summed E-state index contributed by atoms with van der Waals surface area (Å²) in [4.78, 5) is 7.20. The van der Waals surface area contributed by atoms with Gasteiger partial charge in [-0.05, 0) is 37.5 Å². The first-order valence-electron chi connectivity index (χ1n) is 9.91. The predicted octanol–water partition coefficient (Wildman–Crippen LogP) is 3.77. The van der Waals surface area contributed by atoms with Crippen LogP contribution >= 0.6 is 24.0 Å². The molecular formula is C20H38IN5O. The number of guanidine groups is 1. The minimum Gasteiger partial charge on any atom is -0.385 e. The molecule has 1 aromatic rings. The van der Waals surface area contributed by atoms with Gasteiger partial charge in [-0.2, -0.15) is 5.10 Å². The summed E-state index contributed by atoms with van der Waals surface area (Å²) in [7, 11) is 5.89. The van der Waals surface area contributed by atoms with Crippen LogP contribution in [0, 0.1) is 5.41 Å². The van der Waals surface area contributed by atoms with Crippen LogP contribution in [0.15, 0.2) is 11.2 Å². The highest BCUT2D eigenvalue weighted by atomic mass is 127. The van der Waals surface area contributed by atoms with E-state index < -0.39 is 0 Å². The Morgan fingerprint density at radius 3 is 2.67 bits per heavy atom. The maximum atomic E-state index is 5.31. The molecule has 0 spiro atoms. The molecule has 0 atom stereocenters. The van der Waals surface area contributed by atoms with E-state index >= 15 is 0 Å². The summed E-state index contributed by atoms with van der Waals surface area (Å²) < 4.78 is 7.22. The smallest absolute Gasteiger partial charge is 0.193 e. The van der Waals surface area contributed by atoms with Crippen LogP contribution in [0.25, 0.3) is 0 Å². The van der Waals surface area contributed by atoms with E-state index in [1.165, 1.54) is 30.5 Å². The summed E-state index contributed by atoms with van der Waals surface area (Å²) in [6, 6.07) is 0. The zero-order chi connectivity index (χ0) is 19.2. The second-order valence-corrected chi connectivity index (χ2v) is 7.99. The Labute approximate surface area is 182 Å². The average Bonchev–Trinajstić information content (AvgIpc) is 2.93. The number of rotatable bonds is 9. The number of nitrogens with one attached hydrogen (secondary N) is 1. The van der Waals surface area contributed by atoms with Crippen molar-refractivity contribution in [2.45, 2.75) is 58.9 Å². The molecule has 7 heteroatoms. The number of hydrogen-bond donors (Lipinski definition) is 1. The van der Waals surface area contributed by atoms with Gasteiger partial charge in [-0.15, -0.1) is 24.0 Å². The SMILES string of the molecule is CCNC(=NCC1(CCOC)CCC1)N(C)Cc1cn(C)nc1C(C)C.I. The number of hydrogen-bond acceptors (Lipinski definition) is 3. The molecule has 0 bridgehead atoms. The van der Waals surface area contributed by atoms with Crippen molar-refractivity contribution >= 4 is 29.9 Å². The average molecular weight is 491 g/mol. The molecule has 0 amide bonds. The highest BCUT2D eigenvalue weighted by Crippen LogP contribution is 2.44. The van der Waals surface area contributed by atoms with Crippen molar-refractivity contribution in [1.29, 1.82) is 0 Å². The van der Waals surface area contributed by atoms with Gasteiger partial charge in [0.25, 0.3) is 0 Å². The molecule has 1 fully saturated rings. The van der Waals surface area contributed by atoms with Crippen LogP contribution in [-0.2, 0) is 18.3 Å². The number of methoxy groups -OCH3 is 1. The van der Waals surface area contributed by atoms with E-state index in [2.05, 4.69) is 49.3 Å². The van der Waals surface area contributed by atoms with Gasteiger partial charge >= 0.3 is 0 Å². The molecule has 0 unspecified atom stereocenters. The highest BCUT2D eigenvalue weighted by Gasteiger charge is 2.36. The molecule has 1 N–H and O–H groups in total. The summed E-state index contributed by atoms with van der Waals surface area (Å²) in [6.45, 7) is 9.92. The molecule has 0 aromatic carbocycles. The second-order valence-electron chi connectivity index (χ2n) is 7.99. The third kappa shape index (κ3) is 6.62. The van der Waals surface area contributed by atoms with E-state index in [1.807, 2.05) is 11.7 Å². The molecule has 1 heterocycles. The van der Waals surface area contributed by atoms with Crippen molar-refractivity contribution in [2.24, 2.45) is 17.5 Å². The molecule has 0 radical (unpaired) electrons. The zero-order valence-electron chi connectivity index (χ0n) is 17.9. The van der Waals surface area contributed by atoms with Gasteiger partial charge in [0.05, 0.1) is 5.69 Å². The van der Waals surface area contributed by atoms with Gasteiger partial charge in [0.15, 0.2) is 5.96 Å². The van der Waals surface area contributed by atoms with Crippen LogP contribution in [0.3, 0.4) is 0 Å². The monoisotopic (exact) mass is 491 g/mol. The lowest BCUT2D eigenvalue weighted by atomic mass is 9.67. The zero-order valence-corrected chi connectivity index (χ0v) is 20.2.